The van der Waals surface area contributed by atoms with Gasteiger partial charge in [-0.25, -0.2) is 17.5 Å². The maximum Gasteiger partial charge on any atom is 0.407 e. The van der Waals surface area contributed by atoms with E-state index in [-0.39, 0.29) is 36.4 Å². The van der Waals surface area contributed by atoms with E-state index >= 15 is 0 Å². The molecule has 2 aliphatic rings. The third-order valence-electron chi connectivity index (χ3n) is 5.34. The Labute approximate surface area is 170 Å². The summed E-state index contributed by atoms with van der Waals surface area (Å²) in [6.45, 7) is 4.31. The van der Waals surface area contributed by atoms with Crippen LogP contribution in [0.3, 0.4) is 0 Å². The van der Waals surface area contributed by atoms with Crippen LogP contribution in [-0.2, 0) is 19.6 Å². The van der Waals surface area contributed by atoms with Crippen molar-refractivity contribution in [3.05, 3.63) is 11.8 Å². The van der Waals surface area contributed by atoms with Gasteiger partial charge in [-0.05, 0) is 39.5 Å². The number of H-pyrrole nitrogens is 1. The number of nitrogens with zero attached hydrogens (tertiary/aromatic N) is 2. The van der Waals surface area contributed by atoms with Gasteiger partial charge in [-0.2, -0.15) is 5.10 Å². The van der Waals surface area contributed by atoms with Gasteiger partial charge in [0.15, 0.2) is 5.82 Å². The zero-order chi connectivity index (χ0) is 21.2. The Morgan fingerprint density at radius 3 is 2.72 bits per heavy atom. The van der Waals surface area contributed by atoms with Gasteiger partial charge in [0.2, 0.25) is 15.9 Å². The van der Waals surface area contributed by atoms with Crippen LogP contribution < -0.4 is 10.6 Å². The van der Waals surface area contributed by atoms with Crippen molar-refractivity contribution in [1.29, 1.82) is 0 Å². The SMILES string of the molecule is CC(C)NC(=O)O[C@@H]1CC[C@H](c2cc(NC(=O)C3CCN(S(C)(=O)=O)C3)n[nH]2)C1. The van der Waals surface area contributed by atoms with Gasteiger partial charge in [0.1, 0.15) is 6.10 Å². The van der Waals surface area contributed by atoms with Crippen molar-refractivity contribution < 1.29 is 22.7 Å². The lowest BCUT2D eigenvalue weighted by atomic mass is 10.0. The number of aromatic amines is 1. The smallest absolute Gasteiger partial charge is 0.407 e. The lowest BCUT2D eigenvalue weighted by molar-refractivity contribution is -0.119. The summed E-state index contributed by atoms with van der Waals surface area (Å²) in [6, 6.07) is 1.82. The fourth-order valence-electron chi connectivity index (χ4n) is 3.83. The molecule has 0 spiro atoms. The van der Waals surface area contributed by atoms with Gasteiger partial charge in [-0.3, -0.25) is 9.89 Å². The molecule has 11 heteroatoms. The lowest BCUT2D eigenvalue weighted by Crippen LogP contribution is -2.33. The zero-order valence-corrected chi connectivity index (χ0v) is 17.8. The average Bonchev–Trinajstić information content (AvgIpc) is 3.33. The minimum absolute atomic E-state index is 0.0304. The highest BCUT2D eigenvalue weighted by Crippen LogP contribution is 2.36. The maximum atomic E-state index is 12.4. The second-order valence-electron chi connectivity index (χ2n) is 8.14. The van der Waals surface area contributed by atoms with E-state index in [4.69, 9.17) is 4.74 Å². The van der Waals surface area contributed by atoms with Crippen molar-refractivity contribution in [2.24, 2.45) is 5.92 Å². The molecule has 1 saturated carbocycles. The first-order chi connectivity index (χ1) is 13.6. The normalized spacial score (nSPS) is 25.3. The summed E-state index contributed by atoms with van der Waals surface area (Å²) in [6.07, 6.45) is 3.45. The number of anilines is 1. The molecule has 3 rings (SSSR count). The first kappa shape index (κ1) is 21.6. The molecular formula is C18H29N5O5S. The van der Waals surface area contributed by atoms with Crippen molar-refractivity contribution >= 4 is 27.8 Å². The minimum Gasteiger partial charge on any atom is -0.446 e. The molecule has 162 valence electrons. The monoisotopic (exact) mass is 427 g/mol. The van der Waals surface area contributed by atoms with E-state index in [0.29, 0.717) is 25.2 Å². The number of amides is 2. The van der Waals surface area contributed by atoms with Gasteiger partial charge in [0.05, 0.1) is 12.2 Å². The fourth-order valence-corrected chi connectivity index (χ4v) is 4.72. The number of carbonyl (C=O) groups is 2. The van der Waals surface area contributed by atoms with E-state index in [9.17, 15) is 18.0 Å². The van der Waals surface area contributed by atoms with Gasteiger partial charge in [-0.15, -0.1) is 0 Å². The van der Waals surface area contributed by atoms with Crippen LogP contribution in [0.4, 0.5) is 10.6 Å². The number of alkyl carbamates (subject to hydrolysis) is 1. The fraction of sp³-hybridized carbons (Fsp3) is 0.722. The number of rotatable bonds is 6. The standard InChI is InChI=1S/C18H29N5O5S/c1-11(2)19-18(25)28-14-5-4-12(8-14)15-9-16(22-21-15)20-17(24)13-6-7-23(10-13)29(3,26)27/h9,11-14H,4-8,10H2,1-3H3,(H,19,25)(H2,20,21,22,24)/t12-,13?,14+/m0/s1. The Morgan fingerprint density at radius 2 is 2.07 bits per heavy atom. The molecule has 2 heterocycles. The molecule has 1 aliphatic heterocycles. The number of carbonyl (C=O) groups excluding carboxylic acids is 2. The van der Waals surface area contributed by atoms with Gasteiger partial charge >= 0.3 is 6.09 Å². The molecule has 2 amide bonds. The summed E-state index contributed by atoms with van der Waals surface area (Å²) in [5.74, 6) is -0.0114. The summed E-state index contributed by atoms with van der Waals surface area (Å²) in [7, 11) is -3.28. The van der Waals surface area contributed by atoms with E-state index < -0.39 is 16.1 Å². The highest BCUT2D eigenvalue weighted by molar-refractivity contribution is 7.88. The third kappa shape index (κ3) is 5.69. The van der Waals surface area contributed by atoms with Crippen LogP contribution >= 0.6 is 0 Å². The molecular weight excluding hydrogens is 398 g/mol. The van der Waals surface area contributed by atoms with Crippen molar-refractivity contribution in [3.8, 4) is 0 Å². The Kier molecular flexibility index (Phi) is 6.47. The summed E-state index contributed by atoms with van der Waals surface area (Å²) < 4.78 is 30.0. The number of hydrogen-bond acceptors (Lipinski definition) is 6. The summed E-state index contributed by atoms with van der Waals surface area (Å²) >= 11 is 0. The molecule has 0 bridgehead atoms. The van der Waals surface area contributed by atoms with Crippen LogP contribution in [0.5, 0.6) is 0 Å². The molecule has 3 atom stereocenters. The van der Waals surface area contributed by atoms with Crippen LogP contribution in [0, 0.1) is 5.92 Å². The molecule has 1 aliphatic carbocycles. The maximum absolute atomic E-state index is 12.4. The molecule has 29 heavy (non-hydrogen) atoms. The van der Waals surface area contributed by atoms with Crippen LogP contribution in [-0.4, -0.2) is 66.4 Å². The molecule has 1 saturated heterocycles. The highest BCUT2D eigenvalue weighted by Gasteiger charge is 2.34. The van der Waals surface area contributed by atoms with Crippen LogP contribution in [0.25, 0.3) is 0 Å². The average molecular weight is 428 g/mol. The number of hydrogen-bond donors (Lipinski definition) is 3. The molecule has 1 aromatic heterocycles. The van der Waals surface area contributed by atoms with Crippen LogP contribution in [0.2, 0.25) is 0 Å². The molecule has 1 unspecified atom stereocenters. The topological polar surface area (TPSA) is 133 Å². The van der Waals surface area contributed by atoms with Crippen LogP contribution in [0.1, 0.15) is 51.1 Å². The number of nitrogens with one attached hydrogen (secondary N) is 3. The Bertz CT molecular complexity index is 853. The first-order valence-corrected chi connectivity index (χ1v) is 11.7. The predicted octanol–water partition coefficient (Wildman–Crippen LogP) is 1.40. The van der Waals surface area contributed by atoms with E-state index in [1.54, 1.807) is 6.07 Å². The number of ether oxygens (including phenoxy) is 1. The molecule has 0 radical (unpaired) electrons. The van der Waals surface area contributed by atoms with Crippen molar-refractivity contribution in [1.82, 2.24) is 19.8 Å². The predicted molar refractivity (Wildman–Crippen MR) is 107 cm³/mol. The third-order valence-corrected chi connectivity index (χ3v) is 6.61. The van der Waals surface area contributed by atoms with Crippen LogP contribution in [0.15, 0.2) is 6.07 Å². The number of aromatic nitrogens is 2. The second-order valence-corrected chi connectivity index (χ2v) is 10.1. The van der Waals surface area contributed by atoms with E-state index in [1.807, 2.05) is 13.8 Å². The lowest BCUT2D eigenvalue weighted by Gasteiger charge is -2.14. The first-order valence-electron chi connectivity index (χ1n) is 9.90. The summed E-state index contributed by atoms with van der Waals surface area (Å²) in [5, 5.41) is 12.6. The van der Waals surface area contributed by atoms with Crippen molar-refractivity contribution in [3.63, 3.8) is 0 Å². The minimum atomic E-state index is -3.28. The molecule has 3 N–H and O–H groups in total. The Balaban J connectivity index is 1.50. The Morgan fingerprint density at radius 1 is 1.31 bits per heavy atom. The van der Waals surface area contributed by atoms with E-state index in [0.717, 1.165) is 24.8 Å². The highest BCUT2D eigenvalue weighted by atomic mass is 32.2. The molecule has 0 aromatic carbocycles. The van der Waals surface area contributed by atoms with E-state index in [2.05, 4.69) is 20.8 Å². The van der Waals surface area contributed by atoms with Gasteiger partial charge in [-0.1, -0.05) is 0 Å². The van der Waals surface area contributed by atoms with Crippen molar-refractivity contribution in [2.75, 3.05) is 24.7 Å². The van der Waals surface area contributed by atoms with E-state index in [1.165, 1.54) is 4.31 Å². The van der Waals surface area contributed by atoms with Gasteiger partial charge < -0.3 is 15.4 Å². The molecule has 10 nitrogen and oxygen atoms in total. The Hall–Kier alpha value is -2.14. The van der Waals surface area contributed by atoms with Gasteiger partial charge in [0.25, 0.3) is 0 Å². The summed E-state index contributed by atoms with van der Waals surface area (Å²) in [4.78, 5) is 24.2. The molecule has 2 fully saturated rings. The second kappa shape index (κ2) is 8.70. The quantitative estimate of drug-likeness (QED) is 0.628. The van der Waals surface area contributed by atoms with Crippen molar-refractivity contribution in [2.45, 2.75) is 57.6 Å². The zero-order valence-electron chi connectivity index (χ0n) is 17.0. The molecule has 1 aromatic rings. The summed E-state index contributed by atoms with van der Waals surface area (Å²) in [5.41, 5.74) is 0.889. The number of sulfonamides is 1. The largest absolute Gasteiger partial charge is 0.446 e. The van der Waals surface area contributed by atoms with Gasteiger partial charge in [0, 0.05) is 36.8 Å².